The number of nitrogens with zero attached hydrogens (tertiary/aromatic N) is 2. The molecule has 2 aliphatic rings. The van der Waals surface area contributed by atoms with E-state index < -0.39 is 23.2 Å². The van der Waals surface area contributed by atoms with E-state index in [-0.39, 0.29) is 24.1 Å². The predicted octanol–water partition coefficient (Wildman–Crippen LogP) is 2.83. The summed E-state index contributed by atoms with van der Waals surface area (Å²) in [6, 6.07) is 3.42. The van der Waals surface area contributed by atoms with Crippen LogP contribution in [0.4, 0.5) is 13.2 Å². The fraction of sp³-hybridized carbons (Fsp3) is 0.522. The van der Waals surface area contributed by atoms with Gasteiger partial charge in [0.2, 0.25) is 5.91 Å². The van der Waals surface area contributed by atoms with Gasteiger partial charge in [0.05, 0.1) is 28.5 Å². The Morgan fingerprint density at radius 2 is 1.94 bits per heavy atom. The molecule has 0 spiro atoms. The van der Waals surface area contributed by atoms with Crippen LogP contribution in [-0.2, 0) is 16.6 Å². The van der Waals surface area contributed by atoms with Crippen LogP contribution in [0.2, 0.25) is 0 Å². The summed E-state index contributed by atoms with van der Waals surface area (Å²) in [5.74, 6) is -1.11. The fourth-order valence-corrected chi connectivity index (χ4v) is 5.44. The molecule has 1 aliphatic carbocycles. The summed E-state index contributed by atoms with van der Waals surface area (Å²) in [7, 11) is 0. The highest BCUT2D eigenvalue weighted by Crippen LogP contribution is 2.40. The Hall–Kier alpha value is -2.50. The first kappa shape index (κ1) is 24.6. The standard InChI is InChI=1S/C23H27F3N4O3S/c1-14-6-15(8-16(7-14)23(24,25)26)21(32)28-10-20(31)29-17-11-30(12-17)18-2-4-22(33,5-3-18)19-9-27-13-34-19/h6-9,13,17-18,33H,2-5,10-12H2,1H3,(H,28,32)(H,29,31)/t18-,22-. The molecule has 0 unspecified atom stereocenters. The molecule has 1 aromatic carbocycles. The van der Waals surface area contributed by atoms with Crippen molar-refractivity contribution in [1.82, 2.24) is 20.5 Å². The van der Waals surface area contributed by atoms with Crippen LogP contribution in [0.5, 0.6) is 0 Å². The molecule has 2 heterocycles. The molecule has 34 heavy (non-hydrogen) atoms. The molecule has 1 saturated carbocycles. The van der Waals surface area contributed by atoms with Gasteiger partial charge in [0.25, 0.3) is 5.91 Å². The third kappa shape index (κ3) is 5.59. The zero-order valence-corrected chi connectivity index (χ0v) is 19.5. The molecule has 3 N–H and O–H groups in total. The van der Waals surface area contributed by atoms with Gasteiger partial charge in [0.1, 0.15) is 5.60 Å². The molecule has 1 saturated heterocycles. The second-order valence-electron chi connectivity index (χ2n) is 9.11. The van der Waals surface area contributed by atoms with Crippen molar-refractivity contribution in [3.8, 4) is 0 Å². The molecule has 0 bridgehead atoms. The van der Waals surface area contributed by atoms with Crippen LogP contribution in [0.15, 0.2) is 29.9 Å². The van der Waals surface area contributed by atoms with Crippen LogP contribution < -0.4 is 10.6 Å². The molecule has 2 amide bonds. The number of rotatable bonds is 6. The Morgan fingerprint density at radius 3 is 2.56 bits per heavy atom. The monoisotopic (exact) mass is 496 g/mol. The average molecular weight is 497 g/mol. The van der Waals surface area contributed by atoms with Crippen molar-refractivity contribution >= 4 is 23.2 Å². The van der Waals surface area contributed by atoms with Gasteiger partial charge in [-0.1, -0.05) is 0 Å². The number of aliphatic hydroxyl groups is 1. The average Bonchev–Trinajstić information content (AvgIpc) is 3.30. The van der Waals surface area contributed by atoms with Gasteiger partial charge in [-0.3, -0.25) is 19.5 Å². The first-order valence-electron chi connectivity index (χ1n) is 11.2. The summed E-state index contributed by atoms with van der Waals surface area (Å²) < 4.78 is 38.9. The van der Waals surface area contributed by atoms with Gasteiger partial charge in [0.15, 0.2) is 0 Å². The number of thiazole rings is 1. The number of aromatic nitrogens is 1. The Kier molecular flexibility index (Phi) is 6.97. The van der Waals surface area contributed by atoms with Crippen LogP contribution in [0, 0.1) is 6.92 Å². The third-order valence-electron chi connectivity index (χ3n) is 6.54. The van der Waals surface area contributed by atoms with Gasteiger partial charge in [-0.15, -0.1) is 11.3 Å². The SMILES string of the molecule is Cc1cc(C(=O)NCC(=O)NC2CN([C@H]3CC[C@@](O)(c4cncs4)CC3)C2)cc(C(F)(F)F)c1. The number of carbonyl (C=O) groups excluding carboxylic acids is 2. The second kappa shape index (κ2) is 9.63. The van der Waals surface area contributed by atoms with E-state index in [2.05, 4.69) is 20.5 Å². The first-order chi connectivity index (χ1) is 16.0. The van der Waals surface area contributed by atoms with Gasteiger partial charge >= 0.3 is 6.18 Å². The van der Waals surface area contributed by atoms with Crippen molar-refractivity contribution in [1.29, 1.82) is 0 Å². The molecule has 1 aliphatic heterocycles. The Balaban J connectivity index is 1.19. The highest BCUT2D eigenvalue weighted by molar-refractivity contribution is 7.09. The van der Waals surface area contributed by atoms with Gasteiger partial charge in [-0.05, 0) is 56.4 Å². The molecule has 4 rings (SSSR count). The van der Waals surface area contributed by atoms with Crippen LogP contribution in [0.1, 0.15) is 52.0 Å². The van der Waals surface area contributed by atoms with E-state index >= 15 is 0 Å². The minimum absolute atomic E-state index is 0.0393. The second-order valence-corrected chi connectivity index (χ2v) is 10.0. The summed E-state index contributed by atoms with van der Waals surface area (Å²) in [4.78, 5) is 31.7. The predicted molar refractivity (Wildman–Crippen MR) is 120 cm³/mol. The molecule has 2 fully saturated rings. The van der Waals surface area contributed by atoms with Crippen molar-refractivity contribution in [2.24, 2.45) is 0 Å². The Bertz CT molecular complexity index is 1030. The van der Waals surface area contributed by atoms with Gasteiger partial charge in [-0.2, -0.15) is 13.2 Å². The minimum Gasteiger partial charge on any atom is -0.384 e. The van der Waals surface area contributed by atoms with Gasteiger partial charge < -0.3 is 15.7 Å². The van der Waals surface area contributed by atoms with E-state index in [0.717, 1.165) is 29.9 Å². The lowest BCUT2D eigenvalue weighted by Gasteiger charge is -2.48. The van der Waals surface area contributed by atoms with E-state index in [1.54, 1.807) is 11.7 Å². The van der Waals surface area contributed by atoms with E-state index in [0.29, 0.717) is 37.5 Å². The summed E-state index contributed by atoms with van der Waals surface area (Å²) in [5.41, 5.74) is 0.208. The number of halogens is 3. The molecule has 0 atom stereocenters. The lowest BCUT2D eigenvalue weighted by molar-refractivity contribution is -0.137. The number of carbonyl (C=O) groups is 2. The molecule has 2 aromatic rings. The maximum Gasteiger partial charge on any atom is 0.416 e. The number of alkyl halides is 3. The maximum atomic E-state index is 13.0. The van der Waals surface area contributed by atoms with E-state index in [9.17, 15) is 27.9 Å². The largest absolute Gasteiger partial charge is 0.416 e. The van der Waals surface area contributed by atoms with Crippen LogP contribution >= 0.6 is 11.3 Å². The smallest absolute Gasteiger partial charge is 0.384 e. The Labute approximate surface area is 199 Å². The van der Waals surface area contributed by atoms with Gasteiger partial charge in [-0.25, -0.2) is 0 Å². The summed E-state index contributed by atoms with van der Waals surface area (Å²) in [6.45, 7) is 2.55. The van der Waals surface area contributed by atoms with E-state index in [1.807, 2.05) is 0 Å². The number of hydrogen-bond acceptors (Lipinski definition) is 6. The van der Waals surface area contributed by atoms with Crippen molar-refractivity contribution in [3.05, 3.63) is 51.5 Å². The van der Waals surface area contributed by atoms with Crippen molar-refractivity contribution in [3.63, 3.8) is 0 Å². The Morgan fingerprint density at radius 1 is 1.24 bits per heavy atom. The molecule has 0 radical (unpaired) electrons. The van der Waals surface area contributed by atoms with E-state index in [1.165, 1.54) is 24.3 Å². The highest BCUT2D eigenvalue weighted by Gasteiger charge is 2.41. The number of amides is 2. The number of benzene rings is 1. The van der Waals surface area contributed by atoms with Crippen molar-refractivity contribution in [2.75, 3.05) is 19.6 Å². The molecule has 7 nitrogen and oxygen atoms in total. The number of likely N-dealkylation sites (tertiary alicyclic amines) is 1. The highest BCUT2D eigenvalue weighted by atomic mass is 32.1. The maximum absolute atomic E-state index is 13.0. The van der Waals surface area contributed by atoms with Crippen LogP contribution in [0.25, 0.3) is 0 Å². The summed E-state index contributed by atoms with van der Waals surface area (Å²) in [5, 5.41) is 16.1. The quantitative estimate of drug-likeness (QED) is 0.572. The number of hydrogen-bond donors (Lipinski definition) is 3. The van der Waals surface area contributed by atoms with Crippen LogP contribution in [0.3, 0.4) is 0 Å². The number of aryl methyl sites for hydroxylation is 1. The first-order valence-corrected chi connectivity index (χ1v) is 12.0. The normalized spacial score (nSPS) is 23.9. The summed E-state index contributed by atoms with van der Waals surface area (Å²) >= 11 is 1.47. The zero-order chi connectivity index (χ0) is 24.5. The fourth-order valence-electron chi connectivity index (χ4n) is 4.66. The lowest BCUT2D eigenvalue weighted by Crippen LogP contribution is -2.63. The lowest BCUT2D eigenvalue weighted by atomic mass is 9.80. The molecular formula is C23H27F3N4O3S. The number of nitrogens with one attached hydrogen (secondary N) is 2. The van der Waals surface area contributed by atoms with Gasteiger partial charge in [0, 0.05) is 30.9 Å². The van der Waals surface area contributed by atoms with Crippen LogP contribution in [-0.4, -0.2) is 58.5 Å². The zero-order valence-electron chi connectivity index (χ0n) is 18.7. The molecule has 184 valence electrons. The van der Waals surface area contributed by atoms with E-state index in [4.69, 9.17) is 0 Å². The molecule has 1 aromatic heterocycles. The third-order valence-corrected chi connectivity index (χ3v) is 7.51. The molecular weight excluding hydrogens is 469 g/mol. The topological polar surface area (TPSA) is 94.6 Å². The minimum atomic E-state index is -4.55. The van der Waals surface area contributed by atoms with Crippen molar-refractivity contribution in [2.45, 2.75) is 56.5 Å². The summed E-state index contributed by atoms with van der Waals surface area (Å²) in [6.07, 6.45) is 0.256. The van der Waals surface area contributed by atoms with Crippen molar-refractivity contribution < 1.29 is 27.9 Å². The molecule has 11 heteroatoms.